The molecular weight excluding hydrogens is 326 g/mol. The number of aliphatic hydroxyl groups is 2. The van der Waals surface area contributed by atoms with Crippen LogP contribution in [-0.4, -0.2) is 20.3 Å². The van der Waals surface area contributed by atoms with Gasteiger partial charge < -0.3 is 10.2 Å². The number of benzene rings is 2. The Morgan fingerprint density at radius 2 is 1.57 bits per heavy atom. The largest absolute Gasteiger partial charge is 0.499 e. The Balaban J connectivity index is 0.000000253. The quantitative estimate of drug-likeness (QED) is 0.781. The van der Waals surface area contributed by atoms with Gasteiger partial charge in [-0.15, -0.1) is 0 Å². The number of hydrogen-bond acceptors (Lipinski definition) is 3. The summed E-state index contributed by atoms with van der Waals surface area (Å²) in [4.78, 5) is 0. The number of hydrogen-bond donors (Lipinski definition) is 2. The van der Waals surface area contributed by atoms with Gasteiger partial charge in [0.05, 0.1) is 11.6 Å². The molecule has 0 spiro atoms. The normalized spacial score (nSPS) is 9.48. The standard InChI is InChI=1S/C11H11NOS.C7H6OS/c1-7(2)10-8(6-12)4-3-5-9(10)11(13)14;8-7(9)6-4-2-1-3-5-6/h3-5,7H,1-2H3,(H,13,14);1-5H,(H,8,9). The van der Waals surface area contributed by atoms with Gasteiger partial charge in [0, 0.05) is 11.1 Å². The number of nitriles is 1. The summed E-state index contributed by atoms with van der Waals surface area (Å²) < 4.78 is 0. The van der Waals surface area contributed by atoms with Crippen molar-refractivity contribution in [3.8, 4) is 6.07 Å². The number of rotatable bonds is 3. The van der Waals surface area contributed by atoms with Gasteiger partial charge in [-0.3, -0.25) is 0 Å². The van der Waals surface area contributed by atoms with E-state index in [1.165, 1.54) is 0 Å². The van der Waals surface area contributed by atoms with Crippen molar-refractivity contribution in [3.05, 3.63) is 70.8 Å². The molecule has 0 saturated carbocycles. The maximum atomic E-state index is 9.30. The SMILES string of the molecule is CC(C)c1c(C#N)cccc1C(O)=S.OC(=S)c1ccccc1. The summed E-state index contributed by atoms with van der Waals surface area (Å²) >= 11 is 9.24. The van der Waals surface area contributed by atoms with Gasteiger partial charge in [0.1, 0.15) is 0 Å². The fourth-order valence-electron chi connectivity index (χ4n) is 2.05. The molecule has 2 aromatic rings. The van der Waals surface area contributed by atoms with Gasteiger partial charge in [-0.05, 0) is 48.0 Å². The van der Waals surface area contributed by atoms with Gasteiger partial charge in [-0.1, -0.05) is 50.2 Å². The molecule has 0 radical (unpaired) electrons. The Labute approximate surface area is 146 Å². The van der Waals surface area contributed by atoms with Crippen molar-refractivity contribution in [2.75, 3.05) is 0 Å². The molecule has 0 aromatic heterocycles. The Hall–Kier alpha value is -2.29. The molecule has 118 valence electrons. The highest BCUT2D eigenvalue weighted by Crippen LogP contribution is 2.23. The summed E-state index contributed by atoms with van der Waals surface area (Å²) in [5.74, 6) is 0.172. The van der Waals surface area contributed by atoms with Crippen molar-refractivity contribution in [2.45, 2.75) is 19.8 Å². The molecule has 0 fully saturated rings. The van der Waals surface area contributed by atoms with Crippen LogP contribution in [0.25, 0.3) is 0 Å². The molecule has 0 atom stereocenters. The lowest BCUT2D eigenvalue weighted by Gasteiger charge is -2.12. The average Bonchev–Trinajstić information content (AvgIpc) is 2.55. The van der Waals surface area contributed by atoms with Crippen molar-refractivity contribution < 1.29 is 10.2 Å². The first kappa shape index (κ1) is 18.8. The van der Waals surface area contributed by atoms with Crippen molar-refractivity contribution in [3.63, 3.8) is 0 Å². The molecule has 2 rings (SSSR count). The third-order valence-corrected chi connectivity index (χ3v) is 3.51. The van der Waals surface area contributed by atoms with Gasteiger partial charge in [-0.25, -0.2) is 0 Å². The lowest BCUT2D eigenvalue weighted by atomic mass is 9.93. The second-order valence-corrected chi connectivity index (χ2v) is 5.78. The van der Waals surface area contributed by atoms with E-state index in [9.17, 15) is 5.11 Å². The molecule has 3 nitrogen and oxygen atoms in total. The van der Waals surface area contributed by atoms with Crippen molar-refractivity contribution in [2.24, 2.45) is 0 Å². The zero-order valence-electron chi connectivity index (χ0n) is 12.9. The van der Waals surface area contributed by atoms with E-state index in [1.54, 1.807) is 30.3 Å². The maximum Gasteiger partial charge on any atom is 0.188 e. The predicted molar refractivity (Wildman–Crippen MR) is 100 cm³/mol. The smallest absolute Gasteiger partial charge is 0.188 e. The Morgan fingerprint density at radius 3 is 1.96 bits per heavy atom. The molecule has 0 bridgehead atoms. The van der Waals surface area contributed by atoms with Crippen molar-refractivity contribution in [1.82, 2.24) is 0 Å². The first-order valence-corrected chi connectivity index (χ1v) is 7.74. The number of thiocarbonyl (C=S) groups is 2. The third kappa shape index (κ3) is 5.44. The molecule has 0 aliphatic rings. The van der Waals surface area contributed by atoms with Gasteiger partial charge >= 0.3 is 0 Å². The molecule has 0 aliphatic heterocycles. The third-order valence-electron chi connectivity index (χ3n) is 3.06. The summed E-state index contributed by atoms with van der Waals surface area (Å²) in [5, 5.41) is 26.8. The van der Waals surface area contributed by atoms with E-state index in [0.717, 1.165) is 5.56 Å². The predicted octanol–water partition coefficient (Wildman–Crippen LogP) is 4.84. The van der Waals surface area contributed by atoms with E-state index < -0.39 is 0 Å². The van der Waals surface area contributed by atoms with Gasteiger partial charge in [0.2, 0.25) is 0 Å². The van der Waals surface area contributed by atoms with Crippen LogP contribution in [0.2, 0.25) is 0 Å². The first-order valence-electron chi connectivity index (χ1n) is 6.93. The van der Waals surface area contributed by atoms with Crippen LogP contribution in [0.15, 0.2) is 48.5 Å². The molecule has 0 heterocycles. The molecule has 0 amide bonds. The molecule has 23 heavy (non-hydrogen) atoms. The monoisotopic (exact) mass is 343 g/mol. The Morgan fingerprint density at radius 1 is 0.957 bits per heavy atom. The zero-order valence-corrected chi connectivity index (χ0v) is 14.5. The van der Waals surface area contributed by atoms with E-state index >= 15 is 0 Å². The number of aliphatic hydroxyl groups excluding tert-OH is 2. The highest BCUT2D eigenvalue weighted by atomic mass is 32.1. The fourth-order valence-corrected chi connectivity index (χ4v) is 2.37. The summed E-state index contributed by atoms with van der Waals surface area (Å²) in [6.45, 7) is 3.94. The van der Waals surface area contributed by atoms with Crippen LogP contribution in [0.3, 0.4) is 0 Å². The fraction of sp³-hybridized carbons (Fsp3) is 0.167. The van der Waals surface area contributed by atoms with E-state index in [4.69, 9.17) is 22.6 Å². The first-order chi connectivity index (χ1) is 10.9. The van der Waals surface area contributed by atoms with Crippen LogP contribution in [0.1, 0.15) is 42.0 Å². The van der Waals surface area contributed by atoms with Crippen LogP contribution < -0.4 is 0 Å². The highest BCUT2D eigenvalue weighted by Gasteiger charge is 2.13. The van der Waals surface area contributed by atoms with E-state index in [-0.39, 0.29) is 16.0 Å². The van der Waals surface area contributed by atoms with Crippen LogP contribution in [0.5, 0.6) is 0 Å². The van der Waals surface area contributed by atoms with Gasteiger partial charge in [-0.2, -0.15) is 5.26 Å². The molecule has 2 N–H and O–H groups in total. The summed E-state index contributed by atoms with van der Waals surface area (Å²) in [6, 6.07) is 16.4. The molecule has 0 aliphatic carbocycles. The molecule has 0 saturated heterocycles. The van der Waals surface area contributed by atoms with Gasteiger partial charge in [0.15, 0.2) is 10.1 Å². The van der Waals surface area contributed by atoms with E-state index in [2.05, 4.69) is 18.3 Å². The maximum absolute atomic E-state index is 9.30. The van der Waals surface area contributed by atoms with Crippen molar-refractivity contribution >= 4 is 34.5 Å². The second kappa shape index (κ2) is 8.99. The molecular formula is C18H17NO2S2. The summed E-state index contributed by atoms with van der Waals surface area (Å²) in [5.41, 5.74) is 2.69. The molecule has 5 heteroatoms. The summed E-state index contributed by atoms with van der Waals surface area (Å²) in [6.07, 6.45) is 0. The lowest BCUT2D eigenvalue weighted by molar-refractivity contribution is 0.569. The topological polar surface area (TPSA) is 64.2 Å². The zero-order chi connectivity index (χ0) is 17.4. The average molecular weight is 343 g/mol. The van der Waals surface area contributed by atoms with E-state index in [1.807, 2.05) is 32.0 Å². The Bertz CT molecular complexity index is 734. The van der Waals surface area contributed by atoms with Gasteiger partial charge in [0.25, 0.3) is 0 Å². The van der Waals surface area contributed by atoms with Crippen LogP contribution >= 0.6 is 24.4 Å². The van der Waals surface area contributed by atoms with Crippen molar-refractivity contribution in [1.29, 1.82) is 5.26 Å². The van der Waals surface area contributed by atoms with E-state index in [0.29, 0.717) is 16.7 Å². The molecule has 0 unspecified atom stereocenters. The summed E-state index contributed by atoms with van der Waals surface area (Å²) in [7, 11) is 0. The van der Waals surface area contributed by atoms with Crippen LogP contribution in [0.4, 0.5) is 0 Å². The Kier molecular flexibility index (Phi) is 7.33. The van der Waals surface area contributed by atoms with Crippen LogP contribution in [0, 0.1) is 11.3 Å². The lowest BCUT2D eigenvalue weighted by Crippen LogP contribution is -2.05. The second-order valence-electron chi connectivity index (χ2n) is 5.01. The minimum Gasteiger partial charge on any atom is -0.499 e. The minimum atomic E-state index is -0.147. The van der Waals surface area contributed by atoms with Crippen LogP contribution in [-0.2, 0) is 0 Å². The number of nitrogens with zero attached hydrogens (tertiary/aromatic N) is 1. The highest BCUT2D eigenvalue weighted by molar-refractivity contribution is 7.80. The minimum absolute atomic E-state index is 0.0457. The molecule has 2 aromatic carbocycles.